The summed E-state index contributed by atoms with van der Waals surface area (Å²) in [4.78, 5) is 0. The first-order valence-electron chi connectivity index (χ1n) is 8.57. The molecule has 0 fully saturated rings. The number of thiocarbonyl (C=S) groups is 1. The van der Waals surface area contributed by atoms with Gasteiger partial charge in [0.15, 0.2) is 5.11 Å². The number of nitrogens with one attached hydrogen (secondary N) is 2. The van der Waals surface area contributed by atoms with Crippen molar-refractivity contribution in [3.05, 3.63) is 58.7 Å². The Kier molecular flexibility index (Phi) is 6.00. The van der Waals surface area contributed by atoms with Gasteiger partial charge in [-0.1, -0.05) is 58.0 Å². The van der Waals surface area contributed by atoms with E-state index in [0.29, 0.717) is 16.9 Å². The van der Waals surface area contributed by atoms with Crippen molar-refractivity contribution < 1.29 is 0 Å². The van der Waals surface area contributed by atoms with E-state index in [2.05, 4.69) is 88.6 Å². The quantitative estimate of drug-likeness (QED) is 0.633. The third-order valence-corrected chi connectivity index (χ3v) is 4.46. The zero-order valence-electron chi connectivity index (χ0n) is 15.5. The molecule has 128 valence electrons. The molecule has 0 aliphatic carbocycles. The smallest absolute Gasteiger partial charge is 0.175 e. The lowest BCUT2D eigenvalue weighted by Crippen LogP contribution is -2.22. The Hall–Kier alpha value is -1.87. The van der Waals surface area contributed by atoms with Gasteiger partial charge in [0.1, 0.15) is 0 Å². The molecule has 0 aliphatic heterocycles. The number of hydrogen-bond acceptors (Lipinski definition) is 1. The van der Waals surface area contributed by atoms with Gasteiger partial charge in [0.25, 0.3) is 0 Å². The normalized spacial score (nSPS) is 11.0. The summed E-state index contributed by atoms with van der Waals surface area (Å²) in [7, 11) is 0. The lowest BCUT2D eigenvalue weighted by atomic mass is 9.93. The lowest BCUT2D eigenvalue weighted by molar-refractivity contribution is 0.839. The summed E-state index contributed by atoms with van der Waals surface area (Å²) in [6.07, 6.45) is 0. The molecule has 2 aromatic rings. The number of para-hydroxylation sites is 1. The van der Waals surface area contributed by atoms with Crippen LogP contribution in [0.3, 0.4) is 0 Å². The fraction of sp³-hybridized carbons (Fsp3) is 0.381. The SMILES string of the molecule is Cc1ccc(C)c(NC(=S)Nc2c(C(C)C)cccc2C(C)C)c1. The van der Waals surface area contributed by atoms with Crippen molar-refractivity contribution >= 4 is 28.7 Å². The second-order valence-corrected chi connectivity index (χ2v) is 7.43. The first-order valence-corrected chi connectivity index (χ1v) is 8.98. The van der Waals surface area contributed by atoms with Crippen molar-refractivity contribution in [2.75, 3.05) is 10.6 Å². The Balaban J connectivity index is 2.29. The van der Waals surface area contributed by atoms with Gasteiger partial charge in [-0.2, -0.15) is 0 Å². The van der Waals surface area contributed by atoms with Crippen LogP contribution in [-0.2, 0) is 0 Å². The molecule has 0 heterocycles. The van der Waals surface area contributed by atoms with E-state index < -0.39 is 0 Å². The number of rotatable bonds is 4. The highest BCUT2D eigenvalue weighted by Crippen LogP contribution is 2.32. The zero-order chi connectivity index (χ0) is 17.9. The van der Waals surface area contributed by atoms with Gasteiger partial charge in [0.05, 0.1) is 0 Å². The maximum Gasteiger partial charge on any atom is 0.175 e. The van der Waals surface area contributed by atoms with Gasteiger partial charge in [-0.15, -0.1) is 0 Å². The molecule has 0 atom stereocenters. The minimum absolute atomic E-state index is 0.440. The van der Waals surface area contributed by atoms with E-state index in [1.807, 2.05) is 0 Å². The van der Waals surface area contributed by atoms with Crippen LogP contribution in [0.15, 0.2) is 36.4 Å². The molecule has 0 saturated carbocycles. The van der Waals surface area contributed by atoms with Crippen LogP contribution >= 0.6 is 12.2 Å². The fourth-order valence-electron chi connectivity index (χ4n) is 2.83. The molecule has 0 aliphatic rings. The van der Waals surface area contributed by atoms with Crippen molar-refractivity contribution in [2.45, 2.75) is 53.4 Å². The minimum Gasteiger partial charge on any atom is -0.332 e. The third kappa shape index (κ3) is 4.35. The van der Waals surface area contributed by atoms with Crippen LogP contribution in [0.5, 0.6) is 0 Å². The summed E-state index contributed by atoms with van der Waals surface area (Å²) < 4.78 is 0. The van der Waals surface area contributed by atoms with Crippen molar-refractivity contribution in [1.82, 2.24) is 0 Å². The fourth-order valence-corrected chi connectivity index (χ4v) is 3.04. The summed E-state index contributed by atoms with van der Waals surface area (Å²) in [5.41, 5.74) is 7.20. The third-order valence-electron chi connectivity index (χ3n) is 4.25. The summed E-state index contributed by atoms with van der Waals surface area (Å²) >= 11 is 5.59. The maximum absolute atomic E-state index is 5.59. The van der Waals surface area contributed by atoms with Gasteiger partial charge < -0.3 is 10.6 Å². The van der Waals surface area contributed by atoms with Crippen LogP contribution in [0.2, 0.25) is 0 Å². The monoisotopic (exact) mass is 340 g/mol. The Labute approximate surface area is 151 Å². The van der Waals surface area contributed by atoms with Gasteiger partial charge in [0, 0.05) is 11.4 Å². The highest BCUT2D eigenvalue weighted by atomic mass is 32.1. The average Bonchev–Trinajstić information content (AvgIpc) is 2.50. The van der Waals surface area contributed by atoms with Crippen LogP contribution in [0.1, 0.15) is 61.8 Å². The topological polar surface area (TPSA) is 24.1 Å². The standard InChI is InChI=1S/C21H28N2S/c1-13(2)17-8-7-9-18(14(3)4)20(17)23-21(24)22-19-12-15(5)10-11-16(19)6/h7-14H,1-6H3,(H2,22,23,24). The largest absolute Gasteiger partial charge is 0.332 e. The Morgan fingerprint density at radius 3 is 2.00 bits per heavy atom. The molecule has 0 saturated heterocycles. The van der Waals surface area contributed by atoms with Crippen molar-refractivity contribution in [3.8, 4) is 0 Å². The molecular formula is C21H28N2S. The van der Waals surface area contributed by atoms with Crippen LogP contribution in [0, 0.1) is 13.8 Å². The summed E-state index contributed by atoms with van der Waals surface area (Å²) in [5, 5.41) is 7.45. The first-order chi connectivity index (χ1) is 11.3. The van der Waals surface area contributed by atoms with E-state index in [4.69, 9.17) is 12.2 Å². The number of anilines is 2. The lowest BCUT2D eigenvalue weighted by Gasteiger charge is -2.22. The Bertz CT molecular complexity index is 706. The summed E-state index contributed by atoms with van der Waals surface area (Å²) in [6, 6.07) is 12.8. The van der Waals surface area contributed by atoms with Crippen molar-refractivity contribution in [2.24, 2.45) is 0 Å². The highest BCUT2D eigenvalue weighted by molar-refractivity contribution is 7.80. The molecule has 0 unspecified atom stereocenters. The van der Waals surface area contributed by atoms with E-state index in [0.717, 1.165) is 11.4 Å². The highest BCUT2D eigenvalue weighted by Gasteiger charge is 2.15. The van der Waals surface area contributed by atoms with Gasteiger partial charge in [-0.05, 0) is 66.2 Å². The number of hydrogen-bond donors (Lipinski definition) is 2. The molecule has 2 N–H and O–H groups in total. The van der Waals surface area contributed by atoms with Crippen LogP contribution in [0.4, 0.5) is 11.4 Å². The first kappa shape index (κ1) is 18.5. The van der Waals surface area contributed by atoms with E-state index in [1.165, 1.54) is 22.3 Å². The maximum atomic E-state index is 5.59. The molecule has 24 heavy (non-hydrogen) atoms. The summed E-state index contributed by atoms with van der Waals surface area (Å²) in [5.74, 6) is 0.879. The van der Waals surface area contributed by atoms with Crippen LogP contribution in [0.25, 0.3) is 0 Å². The molecule has 0 spiro atoms. The van der Waals surface area contributed by atoms with E-state index in [1.54, 1.807) is 0 Å². The van der Waals surface area contributed by atoms with E-state index in [9.17, 15) is 0 Å². The second kappa shape index (κ2) is 7.80. The molecule has 2 rings (SSSR count). The molecule has 2 nitrogen and oxygen atoms in total. The number of benzene rings is 2. The van der Waals surface area contributed by atoms with Gasteiger partial charge in [-0.3, -0.25) is 0 Å². The van der Waals surface area contributed by atoms with Gasteiger partial charge in [-0.25, -0.2) is 0 Å². The van der Waals surface area contributed by atoms with E-state index in [-0.39, 0.29) is 0 Å². The van der Waals surface area contributed by atoms with Crippen molar-refractivity contribution in [1.29, 1.82) is 0 Å². The minimum atomic E-state index is 0.440. The van der Waals surface area contributed by atoms with Crippen molar-refractivity contribution in [3.63, 3.8) is 0 Å². The van der Waals surface area contributed by atoms with Crippen LogP contribution in [-0.4, -0.2) is 5.11 Å². The van der Waals surface area contributed by atoms with Crippen LogP contribution < -0.4 is 10.6 Å². The van der Waals surface area contributed by atoms with Gasteiger partial charge in [0.2, 0.25) is 0 Å². The second-order valence-electron chi connectivity index (χ2n) is 7.02. The molecule has 2 aromatic carbocycles. The molecule has 0 amide bonds. The summed E-state index contributed by atoms with van der Waals surface area (Å²) in [6.45, 7) is 13.0. The molecular weight excluding hydrogens is 312 g/mol. The average molecular weight is 341 g/mol. The Morgan fingerprint density at radius 2 is 1.46 bits per heavy atom. The van der Waals surface area contributed by atoms with Gasteiger partial charge >= 0.3 is 0 Å². The van der Waals surface area contributed by atoms with E-state index >= 15 is 0 Å². The molecule has 3 heteroatoms. The Morgan fingerprint density at radius 1 is 0.875 bits per heavy atom. The molecule has 0 radical (unpaired) electrons. The number of aryl methyl sites for hydroxylation is 2. The molecule has 0 bridgehead atoms. The predicted molar refractivity (Wildman–Crippen MR) is 110 cm³/mol. The zero-order valence-corrected chi connectivity index (χ0v) is 16.3. The predicted octanol–water partition coefficient (Wildman–Crippen LogP) is 6.36. The molecule has 0 aromatic heterocycles.